The highest BCUT2D eigenvalue weighted by atomic mass is 35.5. The number of rotatable bonds is 5. The number of hydrogen-bond donors (Lipinski definition) is 1. The molecule has 1 aliphatic carbocycles. The molecule has 1 aromatic carbocycles. The summed E-state index contributed by atoms with van der Waals surface area (Å²) in [6.45, 7) is 12.9. The van der Waals surface area contributed by atoms with E-state index in [1.165, 1.54) is 11.1 Å². The minimum absolute atomic E-state index is 0.0696. The molecule has 1 N–H and O–H groups in total. The maximum absolute atomic E-state index is 11.8. The molecule has 5 heteroatoms. The van der Waals surface area contributed by atoms with Gasteiger partial charge in [-0.25, -0.2) is 0 Å². The summed E-state index contributed by atoms with van der Waals surface area (Å²) in [7, 11) is 0. The number of carbonyl (C=O) groups excluding carboxylic acids is 1. The lowest BCUT2D eigenvalue weighted by Gasteiger charge is -2.41. The fourth-order valence-electron chi connectivity index (χ4n) is 4.84. The van der Waals surface area contributed by atoms with Crippen LogP contribution in [0.15, 0.2) is 35.9 Å². The molecule has 0 saturated carbocycles. The lowest BCUT2D eigenvalue weighted by molar-refractivity contribution is -0.156. The van der Waals surface area contributed by atoms with E-state index in [1.54, 1.807) is 0 Å². The van der Waals surface area contributed by atoms with Crippen LogP contribution < -0.4 is 0 Å². The molecule has 32 heavy (non-hydrogen) atoms. The third kappa shape index (κ3) is 6.24. The van der Waals surface area contributed by atoms with Crippen LogP contribution in [0.3, 0.4) is 0 Å². The summed E-state index contributed by atoms with van der Waals surface area (Å²) in [6, 6.07) is 6.25. The largest absolute Gasteiger partial charge is 0.458 e. The van der Waals surface area contributed by atoms with Crippen molar-refractivity contribution in [2.75, 3.05) is 0 Å². The van der Waals surface area contributed by atoms with Crippen LogP contribution in [0, 0.1) is 5.41 Å². The van der Waals surface area contributed by atoms with Crippen molar-refractivity contribution in [3.63, 3.8) is 0 Å². The topological polar surface area (TPSA) is 55.8 Å². The highest BCUT2D eigenvalue weighted by Gasteiger charge is 2.37. The molecule has 2 aliphatic rings. The van der Waals surface area contributed by atoms with Gasteiger partial charge in [0.1, 0.15) is 6.10 Å². The second-order valence-corrected chi connectivity index (χ2v) is 11.1. The fourth-order valence-corrected chi connectivity index (χ4v) is 5.10. The van der Waals surface area contributed by atoms with Crippen LogP contribution in [0.4, 0.5) is 0 Å². The number of benzene rings is 1. The smallest absolute Gasteiger partial charge is 0.309 e. The van der Waals surface area contributed by atoms with Crippen molar-refractivity contribution in [2.24, 2.45) is 5.41 Å². The molecule has 0 radical (unpaired) electrons. The molecule has 3 rings (SSSR count). The molecular weight excluding hydrogens is 424 g/mol. The van der Waals surface area contributed by atoms with Crippen LogP contribution >= 0.6 is 11.6 Å². The zero-order chi connectivity index (χ0) is 23.7. The Morgan fingerprint density at radius 3 is 2.62 bits per heavy atom. The van der Waals surface area contributed by atoms with E-state index >= 15 is 0 Å². The molecule has 176 valence electrons. The molecule has 1 saturated heterocycles. The van der Waals surface area contributed by atoms with Gasteiger partial charge in [0.25, 0.3) is 0 Å². The Morgan fingerprint density at radius 2 is 2.00 bits per heavy atom. The number of cyclic esters (lactones) is 1. The standard InChI is InChI=1S/C27H37ClO4/c1-7-17-12-18(8-11-24(17)28)22-15-21(32-26(2,3)4)16-27(5,6)23(22)10-9-20-13-19(29)14-25(30)31-20/h8-12,19-21,29H,7,13-16H2,1-6H3. The van der Waals surface area contributed by atoms with Crippen molar-refractivity contribution in [3.05, 3.63) is 52.1 Å². The number of halogens is 1. The molecule has 4 nitrogen and oxygen atoms in total. The zero-order valence-electron chi connectivity index (χ0n) is 20.2. The van der Waals surface area contributed by atoms with E-state index in [9.17, 15) is 9.90 Å². The Kier molecular flexibility index (Phi) is 7.59. The van der Waals surface area contributed by atoms with Crippen LogP contribution in [0.2, 0.25) is 5.02 Å². The maximum Gasteiger partial charge on any atom is 0.309 e. The fraction of sp³-hybridized carbons (Fsp3) is 0.593. The van der Waals surface area contributed by atoms with E-state index in [4.69, 9.17) is 21.1 Å². The predicted molar refractivity (Wildman–Crippen MR) is 130 cm³/mol. The molecule has 1 aromatic rings. The van der Waals surface area contributed by atoms with Gasteiger partial charge in [-0.1, -0.05) is 44.5 Å². The second kappa shape index (κ2) is 9.70. The lowest BCUT2D eigenvalue weighted by Crippen LogP contribution is -2.35. The Balaban J connectivity index is 2.04. The van der Waals surface area contributed by atoms with Crippen LogP contribution in [-0.2, 0) is 20.7 Å². The summed E-state index contributed by atoms with van der Waals surface area (Å²) < 4.78 is 11.9. The molecule has 1 aliphatic heterocycles. The van der Waals surface area contributed by atoms with Gasteiger partial charge in [-0.3, -0.25) is 4.79 Å². The van der Waals surface area contributed by atoms with Gasteiger partial charge in [-0.2, -0.15) is 0 Å². The number of hydrogen-bond acceptors (Lipinski definition) is 4. The Labute approximate surface area is 197 Å². The molecule has 0 amide bonds. The highest BCUT2D eigenvalue weighted by molar-refractivity contribution is 6.31. The van der Waals surface area contributed by atoms with Gasteiger partial charge in [0, 0.05) is 11.4 Å². The third-order valence-corrected chi connectivity index (χ3v) is 6.56. The summed E-state index contributed by atoms with van der Waals surface area (Å²) in [4.78, 5) is 11.8. The number of aliphatic hydroxyl groups is 1. The van der Waals surface area contributed by atoms with Crippen LogP contribution in [-0.4, -0.2) is 35.0 Å². The minimum Gasteiger partial charge on any atom is -0.458 e. The first-order valence-corrected chi connectivity index (χ1v) is 12.0. The van der Waals surface area contributed by atoms with Gasteiger partial charge in [-0.05, 0) is 85.9 Å². The molecular formula is C27H37ClO4. The molecule has 1 heterocycles. The van der Waals surface area contributed by atoms with E-state index in [0.717, 1.165) is 35.4 Å². The van der Waals surface area contributed by atoms with Crippen molar-refractivity contribution in [1.82, 2.24) is 0 Å². The number of ether oxygens (including phenoxy) is 2. The molecule has 0 spiro atoms. The van der Waals surface area contributed by atoms with Crippen LogP contribution in [0.1, 0.15) is 78.4 Å². The van der Waals surface area contributed by atoms with E-state index in [2.05, 4.69) is 59.8 Å². The second-order valence-electron chi connectivity index (χ2n) is 10.7. The van der Waals surface area contributed by atoms with Gasteiger partial charge in [0.15, 0.2) is 0 Å². The predicted octanol–water partition coefficient (Wildman–Crippen LogP) is 6.28. The monoisotopic (exact) mass is 460 g/mol. The molecule has 3 atom stereocenters. The average Bonchev–Trinajstić information content (AvgIpc) is 2.64. The van der Waals surface area contributed by atoms with Gasteiger partial charge in [0.2, 0.25) is 0 Å². The van der Waals surface area contributed by atoms with E-state index in [-0.39, 0.29) is 29.5 Å². The summed E-state index contributed by atoms with van der Waals surface area (Å²) in [5.74, 6) is -0.348. The van der Waals surface area contributed by atoms with E-state index < -0.39 is 12.2 Å². The van der Waals surface area contributed by atoms with Crippen molar-refractivity contribution < 1.29 is 19.4 Å². The van der Waals surface area contributed by atoms with Crippen molar-refractivity contribution in [2.45, 2.75) is 97.6 Å². The van der Waals surface area contributed by atoms with Gasteiger partial charge in [-0.15, -0.1) is 0 Å². The Morgan fingerprint density at radius 1 is 1.28 bits per heavy atom. The number of aliphatic hydroxyl groups excluding tert-OH is 1. The lowest BCUT2D eigenvalue weighted by atomic mass is 9.69. The van der Waals surface area contributed by atoms with Gasteiger partial charge >= 0.3 is 5.97 Å². The normalized spacial score (nSPS) is 26.5. The summed E-state index contributed by atoms with van der Waals surface area (Å²) in [6.07, 6.45) is 6.15. The highest BCUT2D eigenvalue weighted by Crippen LogP contribution is 2.47. The van der Waals surface area contributed by atoms with E-state index in [1.807, 2.05) is 12.1 Å². The van der Waals surface area contributed by atoms with Crippen molar-refractivity contribution in [1.29, 1.82) is 0 Å². The first kappa shape index (κ1) is 25.0. The number of allylic oxidation sites excluding steroid dienone is 2. The molecule has 3 unspecified atom stereocenters. The number of carbonyl (C=O) groups is 1. The van der Waals surface area contributed by atoms with Crippen molar-refractivity contribution >= 4 is 23.1 Å². The van der Waals surface area contributed by atoms with Gasteiger partial charge in [0.05, 0.1) is 24.2 Å². The number of esters is 1. The van der Waals surface area contributed by atoms with E-state index in [0.29, 0.717) is 6.42 Å². The third-order valence-electron chi connectivity index (χ3n) is 6.19. The van der Waals surface area contributed by atoms with Gasteiger partial charge < -0.3 is 14.6 Å². The molecule has 0 bridgehead atoms. The summed E-state index contributed by atoms with van der Waals surface area (Å²) in [5.41, 5.74) is 4.37. The summed E-state index contributed by atoms with van der Waals surface area (Å²) >= 11 is 6.41. The number of aryl methyl sites for hydroxylation is 1. The van der Waals surface area contributed by atoms with Crippen LogP contribution in [0.5, 0.6) is 0 Å². The summed E-state index contributed by atoms with van der Waals surface area (Å²) in [5, 5.41) is 10.8. The maximum atomic E-state index is 11.8. The zero-order valence-corrected chi connectivity index (χ0v) is 21.0. The first-order valence-electron chi connectivity index (χ1n) is 11.6. The SMILES string of the molecule is CCc1cc(C2=C(C=CC3CC(O)CC(=O)O3)C(C)(C)CC(OC(C)(C)C)C2)ccc1Cl. The molecule has 0 aromatic heterocycles. The van der Waals surface area contributed by atoms with Crippen LogP contribution in [0.25, 0.3) is 5.57 Å². The first-order chi connectivity index (χ1) is 14.9. The Hall–Kier alpha value is -1.62. The minimum atomic E-state index is -0.647. The average molecular weight is 461 g/mol. The Bertz CT molecular complexity index is 907. The van der Waals surface area contributed by atoms with Crippen molar-refractivity contribution in [3.8, 4) is 0 Å². The quantitative estimate of drug-likeness (QED) is 0.525. The molecule has 1 fully saturated rings.